The lowest BCUT2D eigenvalue weighted by Crippen LogP contribution is -2.36. The van der Waals surface area contributed by atoms with Crippen LogP contribution in [0.4, 0.5) is 5.69 Å². The topological polar surface area (TPSA) is 38.5 Å². The molecule has 19 heavy (non-hydrogen) atoms. The van der Waals surface area contributed by atoms with Crippen LogP contribution in [0.3, 0.4) is 0 Å². The number of hydrogen-bond donors (Lipinski definition) is 1. The SMILES string of the molecule is CC(C)Oc1ccccc1N1CCCC(CCN)C1. The van der Waals surface area contributed by atoms with Gasteiger partial charge >= 0.3 is 0 Å². The van der Waals surface area contributed by atoms with Gasteiger partial charge in [-0.3, -0.25) is 0 Å². The van der Waals surface area contributed by atoms with Crippen molar-refractivity contribution in [1.29, 1.82) is 0 Å². The maximum Gasteiger partial charge on any atom is 0.142 e. The van der Waals surface area contributed by atoms with Crippen molar-refractivity contribution >= 4 is 5.69 Å². The minimum absolute atomic E-state index is 0.214. The summed E-state index contributed by atoms with van der Waals surface area (Å²) in [4.78, 5) is 2.46. The van der Waals surface area contributed by atoms with Gasteiger partial charge in [-0.1, -0.05) is 12.1 Å². The Kier molecular flexibility index (Phi) is 5.08. The molecular weight excluding hydrogens is 236 g/mol. The van der Waals surface area contributed by atoms with E-state index in [-0.39, 0.29) is 6.10 Å². The van der Waals surface area contributed by atoms with E-state index < -0.39 is 0 Å². The van der Waals surface area contributed by atoms with Gasteiger partial charge in [0.25, 0.3) is 0 Å². The maximum atomic E-state index is 5.93. The summed E-state index contributed by atoms with van der Waals surface area (Å²) < 4.78 is 5.93. The molecule has 2 N–H and O–H groups in total. The second kappa shape index (κ2) is 6.80. The average molecular weight is 262 g/mol. The minimum atomic E-state index is 0.214. The second-order valence-corrected chi connectivity index (χ2v) is 5.67. The molecule has 1 unspecified atom stereocenters. The van der Waals surface area contributed by atoms with Crippen LogP contribution in [0.5, 0.6) is 5.75 Å². The Morgan fingerprint density at radius 1 is 1.37 bits per heavy atom. The van der Waals surface area contributed by atoms with E-state index in [1.807, 2.05) is 6.07 Å². The van der Waals surface area contributed by atoms with Crippen LogP contribution in [-0.2, 0) is 0 Å². The molecular formula is C16H26N2O. The van der Waals surface area contributed by atoms with Crippen LogP contribution in [-0.4, -0.2) is 25.7 Å². The van der Waals surface area contributed by atoms with Crippen molar-refractivity contribution in [3.05, 3.63) is 24.3 Å². The zero-order valence-corrected chi connectivity index (χ0v) is 12.1. The first kappa shape index (κ1) is 14.2. The summed E-state index contributed by atoms with van der Waals surface area (Å²) in [6.07, 6.45) is 3.90. The first-order chi connectivity index (χ1) is 9.20. The van der Waals surface area contributed by atoms with Gasteiger partial charge in [0.15, 0.2) is 0 Å². The highest BCUT2D eigenvalue weighted by atomic mass is 16.5. The van der Waals surface area contributed by atoms with E-state index in [1.165, 1.54) is 18.5 Å². The molecule has 0 saturated carbocycles. The van der Waals surface area contributed by atoms with Crippen molar-refractivity contribution in [2.24, 2.45) is 11.7 Å². The standard InChI is InChI=1S/C16H26N2O/c1-13(2)19-16-8-4-3-7-15(16)18-11-5-6-14(12-18)9-10-17/h3-4,7-8,13-14H,5-6,9-12,17H2,1-2H3. The third-order valence-corrected chi connectivity index (χ3v) is 3.66. The number of para-hydroxylation sites is 2. The number of piperidine rings is 1. The molecule has 3 nitrogen and oxygen atoms in total. The van der Waals surface area contributed by atoms with Crippen LogP contribution in [0.15, 0.2) is 24.3 Å². The Hall–Kier alpha value is -1.22. The predicted octanol–water partition coefficient (Wildman–Crippen LogP) is 3.04. The minimum Gasteiger partial charge on any atom is -0.489 e. The molecule has 0 aromatic heterocycles. The first-order valence-corrected chi connectivity index (χ1v) is 7.41. The summed E-state index contributed by atoms with van der Waals surface area (Å²) in [7, 11) is 0. The maximum absolute atomic E-state index is 5.93. The lowest BCUT2D eigenvalue weighted by atomic mass is 9.94. The quantitative estimate of drug-likeness (QED) is 0.886. The number of ether oxygens (including phenoxy) is 1. The van der Waals surface area contributed by atoms with Gasteiger partial charge in [-0.05, 0) is 57.7 Å². The molecule has 1 aromatic carbocycles. The van der Waals surface area contributed by atoms with Gasteiger partial charge in [-0.2, -0.15) is 0 Å². The summed E-state index contributed by atoms with van der Waals surface area (Å²) in [5, 5.41) is 0. The molecule has 0 bridgehead atoms. The van der Waals surface area contributed by atoms with E-state index in [9.17, 15) is 0 Å². The van der Waals surface area contributed by atoms with Crippen molar-refractivity contribution in [3.63, 3.8) is 0 Å². The highest BCUT2D eigenvalue weighted by Crippen LogP contribution is 2.32. The van der Waals surface area contributed by atoms with E-state index in [2.05, 4.69) is 36.9 Å². The molecule has 3 heteroatoms. The average Bonchev–Trinajstić information content (AvgIpc) is 2.39. The fourth-order valence-corrected chi connectivity index (χ4v) is 2.83. The number of nitrogens with zero attached hydrogens (tertiary/aromatic N) is 1. The van der Waals surface area contributed by atoms with Crippen molar-refractivity contribution in [2.75, 3.05) is 24.5 Å². The molecule has 0 amide bonds. The molecule has 0 radical (unpaired) electrons. The van der Waals surface area contributed by atoms with Crippen molar-refractivity contribution in [3.8, 4) is 5.75 Å². The van der Waals surface area contributed by atoms with Crippen LogP contribution in [0, 0.1) is 5.92 Å². The number of anilines is 1. The predicted molar refractivity (Wildman–Crippen MR) is 80.8 cm³/mol. The molecule has 1 atom stereocenters. The molecule has 1 aliphatic heterocycles. The smallest absolute Gasteiger partial charge is 0.142 e. The summed E-state index contributed by atoms with van der Waals surface area (Å²) in [5.41, 5.74) is 6.93. The highest BCUT2D eigenvalue weighted by Gasteiger charge is 2.21. The summed E-state index contributed by atoms with van der Waals surface area (Å²) >= 11 is 0. The molecule has 0 spiro atoms. The number of benzene rings is 1. The van der Waals surface area contributed by atoms with E-state index in [0.717, 1.165) is 37.7 Å². The first-order valence-electron chi connectivity index (χ1n) is 7.41. The Bertz CT molecular complexity index is 390. The molecule has 1 fully saturated rings. The van der Waals surface area contributed by atoms with Crippen molar-refractivity contribution in [2.45, 2.75) is 39.2 Å². The van der Waals surface area contributed by atoms with Crippen molar-refractivity contribution in [1.82, 2.24) is 0 Å². The third kappa shape index (κ3) is 3.87. The van der Waals surface area contributed by atoms with E-state index >= 15 is 0 Å². The van der Waals surface area contributed by atoms with Gasteiger partial charge in [0.05, 0.1) is 11.8 Å². The largest absolute Gasteiger partial charge is 0.489 e. The van der Waals surface area contributed by atoms with Gasteiger partial charge in [-0.15, -0.1) is 0 Å². The summed E-state index contributed by atoms with van der Waals surface area (Å²) in [6.45, 7) is 7.17. The highest BCUT2D eigenvalue weighted by molar-refractivity contribution is 5.58. The third-order valence-electron chi connectivity index (χ3n) is 3.66. The molecule has 0 aliphatic carbocycles. The van der Waals surface area contributed by atoms with E-state index in [4.69, 9.17) is 10.5 Å². The zero-order chi connectivity index (χ0) is 13.7. The van der Waals surface area contributed by atoms with Gasteiger partial charge in [0, 0.05) is 13.1 Å². The second-order valence-electron chi connectivity index (χ2n) is 5.67. The lowest BCUT2D eigenvalue weighted by molar-refractivity contribution is 0.242. The molecule has 106 valence electrons. The Labute approximate surface area is 116 Å². The van der Waals surface area contributed by atoms with E-state index in [0.29, 0.717) is 0 Å². The molecule has 2 rings (SSSR count). The number of rotatable bonds is 5. The normalized spacial score (nSPS) is 19.8. The van der Waals surface area contributed by atoms with Crippen LogP contribution in [0.1, 0.15) is 33.1 Å². The molecule has 1 heterocycles. The van der Waals surface area contributed by atoms with Crippen LogP contribution in [0.25, 0.3) is 0 Å². The van der Waals surface area contributed by atoms with Gasteiger partial charge < -0.3 is 15.4 Å². The Morgan fingerprint density at radius 2 is 2.16 bits per heavy atom. The van der Waals surface area contributed by atoms with E-state index in [1.54, 1.807) is 0 Å². The van der Waals surface area contributed by atoms with Crippen LogP contribution >= 0.6 is 0 Å². The summed E-state index contributed by atoms with van der Waals surface area (Å²) in [6, 6.07) is 8.38. The Morgan fingerprint density at radius 3 is 2.89 bits per heavy atom. The Balaban J connectivity index is 2.11. The fourth-order valence-electron chi connectivity index (χ4n) is 2.83. The molecule has 1 saturated heterocycles. The number of hydrogen-bond acceptors (Lipinski definition) is 3. The van der Waals surface area contributed by atoms with Gasteiger partial charge in [0.1, 0.15) is 5.75 Å². The molecule has 1 aromatic rings. The lowest BCUT2D eigenvalue weighted by Gasteiger charge is -2.35. The monoisotopic (exact) mass is 262 g/mol. The van der Waals surface area contributed by atoms with Crippen LogP contribution in [0.2, 0.25) is 0 Å². The van der Waals surface area contributed by atoms with Crippen LogP contribution < -0.4 is 15.4 Å². The van der Waals surface area contributed by atoms with Gasteiger partial charge in [0.2, 0.25) is 0 Å². The fraction of sp³-hybridized carbons (Fsp3) is 0.625. The van der Waals surface area contributed by atoms with Crippen molar-refractivity contribution < 1.29 is 4.74 Å². The summed E-state index contributed by atoms with van der Waals surface area (Å²) in [5.74, 6) is 1.73. The molecule has 1 aliphatic rings. The number of nitrogens with two attached hydrogens (primary N) is 1. The zero-order valence-electron chi connectivity index (χ0n) is 12.1. The van der Waals surface area contributed by atoms with Gasteiger partial charge in [-0.25, -0.2) is 0 Å².